The lowest BCUT2D eigenvalue weighted by atomic mass is 10.2. The van der Waals surface area contributed by atoms with Crippen LogP contribution in [0, 0.1) is 11.6 Å². The molecular weight excluding hydrogens is 548 g/mol. The van der Waals surface area contributed by atoms with Gasteiger partial charge in [-0.15, -0.1) is 0 Å². The van der Waals surface area contributed by atoms with Crippen molar-refractivity contribution >= 4 is 39.9 Å². The molecule has 0 amide bonds. The van der Waals surface area contributed by atoms with Gasteiger partial charge in [0, 0.05) is 17.7 Å². The number of rotatable bonds is 5. The Hall–Kier alpha value is -5.15. The van der Waals surface area contributed by atoms with Gasteiger partial charge in [-0.1, -0.05) is 54.1 Å². The van der Waals surface area contributed by atoms with Crippen molar-refractivity contribution in [1.29, 1.82) is 0 Å². The minimum Gasteiger partial charge on any atom is -0.418 e. The quantitative estimate of drug-likeness (QED) is 0.209. The molecule has 7 aromatic rings. The monoisotopic (exact) mass is 567 g/mol. The van der Waals surface area contributed by atoms with E-state index in [4.69, 9.17) is 20.4 Å². The number of halogens is 3. The van der Waals surface area contributed by atoms with E-state index in [1.165, 1.54) is 24.3 Å². The second-order valence-corrected chi connectivity index (χ2v) is 9.26. The van der Waals surface area contributed by atoms with Crippen LogP contribution < -0.4 is 5.32 Å². The Labute approximate surface area is 237 Å². The van der Waals surface area contributed by atoms with E-state index in [1.807, 2.05) is 42.5 Å². The normalized spacial score (nSPS) is 10.9. The van der Waals surface area contributed by atoms with Crippen molar-refractivity contribution in [2.45, 2.75) is 6.54 Å². The number of nitrogens with zero attached hydrogens (tertiary/aromatic N) is 4. The molecule has 1 N–H and O–H groups in total. The number of pyridine rings is 2. The van der Waals surface area contributed by atoms with Crippen molar-refractivity contribution in [2.24, 2.45) is 0 Å². The molecule has 0 bridgehead atoms. The van der Waals surface area contributed by atoms with Crippen LogP contribution in [0.15, 0.2) is 112 Å². The zero-order chi connectivity index (χ0) is 28.2. The summed E-state index contributed by atoms with van der Waals surface area (Å²) in [6, 6.07) is 29.3. The van der Waals surface area contributed by atoms with E-state index in [1.54, 1.807) is 36.4 Å². The molecule has 202 valence electrons. The molecule has 10 heteroatoms. The number of fused-ring (bicyclic) bond motifs is 2. The summed E-state index contributed by atoms with van der Waals surface area (Å²) < 4.78 is 37.5. The molecule has 0 aliphatic rings. The Balaban J connectivity index is 0.000000156. The molecule has 0 spiro atoms. The highest BCUT2D eigenvalue weighted by Crippen LogP contribution is 2.26. The lowest BCUT2D eigenvalue weighted by Gasteiger charge is -2.04. The summed E-state index contributed by atoms with van der Waals surface area (Å²) in [6.07, 6.45) is 0. The molecule has 0 radical (unpaired) electrons. The summed E-state index contributed by atoms with van der Waals surface area (Å²) in [6.45, 7) is 0.671. The van der Waals surface area contributed by atoms with Gasteiger partial charge < -0.3 is 14.2 Å². The van der Waals surface area contributed by atoms with E-state index < -0.39 is 0 Å². The van der Waals surface area contributed by atoms with Gasteiger partial charge in [0.15, 0.2) is 0 Å². The van der Waals surface area contributed by atoms with Gasteiger partial charge in [0.1, 0.15) is 33.6 Å². The highest BCUT2D eigenvalue weighted by atomic mass is 35.5. The zero-order valence-corrected chi connectivity index (χ0v) is 22.0. The van der Waals surface area contributed by atoms with Crippen LogP contribution in [0.5, 0.6) is 0 Å². The number of aromatic nitrogens is 4. The molecule has 0 aliphatic heterocycles. The van der Waals surface area contributed by atoms with Gasteiger partial charge in [0.2, 0.25) is 23.2 Å². The standard InChI is InChI=1S/C19H14FN3O.C12H6ClFN2O/c20-15-8-4-7-14(11-15)18-22-16-9-10-17(23-19(16)24-18)21-12-13-5-2-1-3-6-13;13-10-5-4-9-12(16-10)17-11(15-9)7-2-1-3-8(14)6-7/h1-11H,12H2,(H,21,23);1-6H. The van der Waals surface area contributed by atoms with Gasteiger partial charge in [-0.3, -0.25) is 0 Å². The fourth-order valence-electron chi connectivity index (χ4n) is 3.99. The largest absolute Gasteiger partial charge is 0.418 e. The number of anilines is 1. The second-order valence-electron chi connectivity index (χ2n) is 8.88. The smallest absolute Gasteiger partial charge is 0.249 e. The maximum atomic E-state index is 13.3. The number of oxazole rings is 2. The number of hydrogen-bond acceptors (Lipinski definition) is 7. The van der Waals surface area contributed by atoms with Crippen LogP contribution in [0.1, 0.15) is 5.56 Å². The topological polar surface area (TPSA) is 89.9 Å². The van der Waals surface area contributed by atoms with Gasteiger partial charge in [-0.2, -0.15) is 9.97 Å². The highest BCUT2D eigenvalue weighted by molar-refractivity contribution is 6.29. The lowest BCUT2D eigenvalue weighted by molar-refractivity contribution is 0.602. The average molecular weight is 568 g/mol. The van der Waals surface area contributed by atoms with Crippen molar-refractivity contribution < 1.29 is 17.6 Å². The van der Waals surface area contributed by atoms with E-state index in [0.29, 0.717) is 62.9 Å². The Bertz CT molecular complexity index is 1960. The van der Waals surface area contributed by atoms with E-state index in [9.17, 15) is 8.78 Å². The minimum absolute atomic E-state index is 0.326. The third-order valence-corrected chi connectivity index (χ3v) is 6.15. The third-order valence-electron chi connectivity index (χ3n) is 5.94. The molecule has 3 aromatic carbocycles. The highest BCUT2D eigenvalue weighted by Gasteiger charge is 2.11. The molecule has 0 saturated carbocycles. The first-order valence-corrected chi connectivity index (χ1v) is 12.9. The van der Waals surface area contributed by atoms with Gasteiger partial charge in [-0.05, 0) is 66.2 Å². The van der Waals surface area contributed by atoms with E-state index in [-0.39, 0.29) is 11.6 Å². The summed E-state index contributed by atoms with van der Waals surface area (Å²) in [5, 5.41) is 3.59. The average Bonchev–Trinajstić information content (AvgIpc) is 3.61. The van der Waals surface area contributed by atoms with Crippen LogP contribution in [0.25, 0.3) is 45.4 Å². The molecule has 0 saturated heterocycles. The summed E-state index contributed by atoms with van der Waals surface area (Å²) in [4.78, 5) is 17.0. The van der Waals surface area contributed by atoms with Gasteiger partial charge in [-0.25, -0.2) is 18.7 Å². The first-order valence-electron chi connectivity index (χ1n) is 12.5. The van der Waals surface area contributed by atoms with E-state index >= 15 is 0 Å². The third kappa shape index (κ3) is 6.21. The SMILES string of the molecule is Fc1cccc(-c2nc3ccc(Cl)nc3o2)c1.Fc1cccc(-c2nc3ccc(NCc4ccccc4)nc3o2)c1. The Kier molecular flexibility index (Phi) is 7.34. The van der Waals surface area contributed by atoms with Gasteiger partial charge in [0.05, 0.1) is 0 Å². The maximum Gasteiger partial charge on any atom is 0.249 e. The second kappa shape index (κ2) is 11.5. The first-order chi connectivity index (χ1) is 20.0. The Morgan fingerprint density at radius 2 is 1.20 bits per heavy atom. The van der Waals surface area contributed by atoms with Crippen molar-refractivity contribution in [2.75, 3.05) is 5.32 Å². The molecule has 41 heavy (non-hydrogen) atoms. The molecule has 0 unspecified atom stereocenters. The van der Waals surface area contributed by atoms with Crippen LogP contribution >= 0.6 is 11.6 Å². The summed E-state index contributed by atoms with van der Waals surface area (Å²) >= 11 is 5.74. The maximum absolute atomic E-state index is 13.3. The molecule has 0 aliphatic carbocycles. The van der Waals surface area contributed by atoms with Crippen LogP contribution in [-0.2, 0) is 6.54 Å². The predicted molar refractivity (Wildman–Crippen MR) is 153 cm³/mol. The van der Waals surface area contributed by atoms with E-state index in [0.717, 1.165) is 5.56 Å². The van der Waals surface area contributed by atoms with Crippen molar-refractivity contribution in [3.8, 4) is 22.9 Å². The Morgan fingerprint density at radius 1 is 0.610 bits per heavy atom. The molecule has 7 rings (SSSR count). The minimum atomic E-state index is -0.337. The predicted octanol–water partition coefficient (Wildman–Crippen LogP) is 8.32. The molecule has 4 heterocycles. The van der Waals surface area contributed by atoms with Gasteiger partial charge in [0.25, 0.3) is 0 Å². The van der Waals surface area contributed by atoms with Crippen molar-refractivity contribution in [3.63, 3.8) is 0 Å². The molecular formula is C31H20ClF2N5O2. The van der Waals surface area contributed by atoms with Crippen LogP contribution in [0.2, 0.25) is 5.15 Å². The van der Waals surface area contributed by atoms with Crippen LogP contribution in [0.4, 0.5) is 14.6 Å². The molecule has 0 fully saturated rings. The fourth-order valence-corrected chi connectivity index (χ4v) is 4.13. The lowest BCUT2D eigenvalue weighted by Crippen LogP contribution is -2.00. The first kappa shape index (κ1) is 26.1. The number of hydrogen-bond donors (Lipinski definition) is 1. The van der Waals surface area contributed by atoms with Crippen molar-refractivity contribution in [3.05, 3.63) is 125 Å². The number of nitrogens with one attached hydrogen (secondary N) is 1. The molecule has 4 aromatic heterocycles. The van der Waals surface area contributed by atoms with Crippen LogP contribution in [0.3, 0.4) is 0 Å². The Morgan fingerprint density at radius 3 is 1.80 bits per heavy atom. The fraction of sp³-hybridized carbons (Fsp3) is 0.0323. The van der Waals surface area contributed by atoms with E-state index in [2.05, 4.69) is 25.3 Å². The molecule has 7 nitrogen and oxygen atoms in total. The van der Waals surface area contributed by atoms with Crippen molar-refractivity contribution in [1.82, 2.24) is 19.9 Å². The summed E-state index contributed by atoms with van der Waals surface area (Å²) in [7, 11) is 0. The number of benzene rings is 3. The summed E-state index contributed by atoms with van der Waals surface area (Å²) in [5.74, 6) is 0.725. The summed E-state index contributed by atoms with van der Waals surface area (Å²) in [5.41, 5.74) is 4.32. The molecule has 0 atom stereocenters. The van der Waals surface area contributed by atoms with Crippen LogP contribution in [-0.4, -0.2) is 19.9 Å². The van der Waals surface area contributed by atoms with Gasteiger partial charge >= 0.3 is 0 Å². The zero-order valence-electron chi connectivity index (χ0n) is 21.3.